The van der Waals surface area contributed by atoms with Crippen molar-refractivity contribution < 1.29 is 9.53 Å². The third-order valence-electron chi connectivity index (χ3n) is 5.34. The standard InChI is InChI=1S/C26H42O2/c1-8-21(9-2)19-23(18-20(3)4)24(25(27)28-26(5,6)7)17-13-16-22-14-11-10-12-15-22/h10-16,20-21,23-24H,8-9,17-19H2,1-7H3/b16-13+/t23-,24+/m1/s1. The Morgan fingerprint density at radius 1 is 1.04 bits per heavy atom. The van der Waals surface area contributed by atoms with Gasteiger partial charge in [-0.15, -0.1) is 0 Å². The van der Waals surface area contributed by atoms with E-state index >= 15 is 0 Å². The van der Waals surface area contributed by atoms with Gasteiger partial charge in [-0.05, 0) is 63.4 Å². The van der Waals surface area contributed by atoms with Crippen LogP contribution in [-0.4, -0.2) is 11.6 Å². The van der Waals surface area contributed by atoms with E-state index in [-0.39, 0.29) is 11.9 Å². The topological polar surface area (TPSA) is 26.3 Å². The molecule has 0 heterocycles. The summed E-state index contributed by atoms with van der Waals surface area (Å²) in [4.78, 5) is 13.1. The van der Waals surface area contributed by atoms with Gasteiger partial charge in [0, 0.05) is 0 Å². The number of hydrogen-bond acceptors (Lipinski definition) is 2. The smallest absolute Gasteiger partial charge is 0.310 e. The van der Waals surface area contributed by atoms with Gasteiger partial charge in [-0.1, -0.05) is 83.0 Å². The van der Waals surface area contributed by atoms with Gasteiger partial charge in [0.15, 0.2) is 0 Å². The lowest BCUT2D eigenvalue weighted by molar-refractivity contribution is -0.162. The summed E-state index contributed by atoms with van der Waals surface area (Å²) in [5.74, 6) is 1.48. The molecule has 0 spiro atoms. The number of carbonyl (C=O) groups excluding carboxylic acids is 1. The van der Waals surface area contributed by atoms with E-state index in [0.29, 0.717) is 17.8 Å². The molecular weight excluding hydrogens is 344 g/mol. The minimum atomic E-state index is -0.449. The number of allylic oxidation sites excluding steroid dienone is 1. The van der Waals surface area contributed by atoms with Crippen molar-refractivity contribution in [1.82, 2.24) is 0 Å². The highest BCUT2D eigenvalue weighted by molar-refractivity contribution is 5.73. The van der Waals surface area contributed by atoms with E-state index in [9.17, 15) is 4.79 Å². The first-order valence-corrected chi connectivity index (χ1v) is 11.1. The zero-order valence-electron chi connectivity index (χ0n) is 19.2. The van der Waals surface area contributed by atoms with E-state index in [0.717, 1.165) is 19.3 Å². The first-order valence-electron chi connectivity index (χ1n) is 11.1. The Balaban J connectivity index is 3.05. The Morgan fingerprint density at radius 3 is 2.14 bits per heavy atom. The van der Waals surface area contributed by atoms with Crippen LogP contribution in [0.3, 0.4) is 0 Å². The van der Waals surface area contributed by atoms with Crippen LogP contribution in [0.4, 0.5) is 0 Å². The van der Waals surface area contributed by atoms with Gasteiger partial charge < -0.3 is 4.74 Å². The molecule has 2 nitrogen and oxygen atoms in total. The van der Waals surface area contributed by atoms with Gasteiger partial charge in [-0.3, -0.25) is 4.79 Å². The fourth-order valence-electron chi connectivity index (χ4n) is 3.85. The predicted molar refractivity (Wildman–Crippen MR) is 121 cm³/mol. The molecule has 0 unspecified atom stereocenters. The Morgan fingerprint density at radius 2 is 1.64 bits per heavy atom. The molecule has 0 fully saturated rings. The van der Waals surface area contributed by atoms with Crippen molar-refractivity contribution >= 4 is 12.0 Å². The number of hydrogen-bond donors (Lipinski definition) is 0. The summed E-state index contributed by atoms with van der Waals surface area (Å²) in [6, 6.07) is 10.3. The van der Waals surface area contributed by atoms with E-state index in [1.807, 2.05) is 39.0 Å². The van der Waals surface area contributed by atoms with Gasteiger partial charge in [0.2, 0.25) is 0 Å². The molecule has 0 saturated heterocycles. The van der Waals surface area contributed by atoms with E-state index in [1.54, 1.807) is 0 Å². The Bertz CT molecular complexity index is 576. The number of ether oxygens (including phenoxy) is 1. The molecule has 1 rings (SSSR count). The van der Waals surface area contributed by atoms with E-state index in [1.165, 1.54) is 18.4 Å². The van der Waals surface area contributed by atoms with Crippen molar-refractivity contribution in [2.24, 2.45) is 23.7 Å². The van der Waals surface area contributed by atoms with Gasteiger partial charge in [0.1, 0.15) is 5.60 Å². The minimum Gasteiger partial charge on any atom is -0.460 e. The van der Waals surface area contributed by atoms with Crippen molar-refractivity contribution in [2.75, 3.05) is 0 Å². The van der Waals surface area contributed by atoms with Crippen LogP contribution in [0, 0.1) is 23.7 Å². The fourth-order valence-corrected chi connectivity index (χ4v) is 3.85. The van der Waals surface area contributed by atoms with Crippen molar-refractivity contribution in [3.8, 4) is 0 Å². The first-order chi connectivity index (χ1) is 13.2. The van der Waals surface area contributed by atoms with Crippen molar-refractivity contribution in [3.63, 3.8) is 0 Å². The Labute approximate surface area is 173 Å². The molecule has 0 bridgehead atoms. The SMILES string of the molecule is CCC(CC)C[C@@H](CC(C)C)[C@H](C/C=C/c1ccccc1)C(=O)OC(C)(C)C. The van der Waals surface area contributed by atoms with Crippen LogP contribution in [0.25, 0.3) is 6.08 Å². The lowest BCUT2D eigenvalue weighted by Gasteiger charge is -2.31. The average molecular weight is 387 g/mol. The molecule has 0 saturated carbocycles. The zero-order chi connectivity index (χ0) is 21.2. The maximum atomic E-state index is 13.1. The van der Waals surface area contributed by atoms with Gasteiger partial charge in [0.05, 0.1) is 5.92 Å². The lowest BCUT2D eigenvalue weighted by atomic mass is 9.76. The van der Waals surface area contributed by atoms with Gasteiger partial charge in [-0.25, -0.2) is 0 Å². The highest BCUT2D eigenvalue weighted by Gasteiger charge is 2.32. The molecule has 1 aromatic rings. The third kappa shape index (κ3) is 9.57. The van der Waals surface area contributed by atoms with Crippen LogP contribution < -0.4 is 0 Å². The zero-order valence-corrected chi connectivity index (χ0v) is 19.2. The van der Waals surface area contributed by atoms with Crippen LogP contribution in [-0.2, 0) is 9.53 Å². The molecule has 1 aromatic carbocycles. The Hall–Kier alpha value is -1.57. The Kier molecular flexibility index (Phi) is 10.6. The minimum absolute atomic E-state index is 0.0400. The largest absolute Gasteiger partial charge is 0.460 e. The summed E-state index contributed by atoms with van der Waals surface area (Å²) in [7, 11) is 0. The van der Waals surface area contributed by atoms with E-state index in [2.05, 4.69) is 52.0 Å². The molecule has 0 aliphatic rings. The number of benzene rings is 1. The number of carbonyl (C=O) groups is 1. The summed E-state index contributed by atoms with van der Waals surface area (Å²) in [5, 5.41) is 0. The van der Waals surface area contributed by atoms with Crippen LogP contribution in [0.5, 0.6) is 0 Å². The highest BCUT2D eigenvalue weighted by atomic mass is 16.6. The third-order valence-corrected chi connectivity index (χ3v) is 5.34. The molecule has 0 aromatic heterocycles. The van der Waals surface area contributed by atoms with Crippen LogP contribution in [0.2, 0.25) is 0 Å². The van der Waals surface area contributed by atoms with Crippen molar-refractivity contribution in [3.05, 3.63) is 42.0 Å². The first kappa shape index (κ1) is 24.5. The van der Waals surface area contributed by atoms with Crippen molar-refractivity contribution in [1.29, 1.82) is 0 Å². The van der Waals surface area contributed by atoms with Crippen LogP contribution in [0.15, 0.2) is 36.4 Å². The lowest BCUT2D eigenvalue weighted by Crippen LogP contribution is -2.33. The maximum Gasteiger partial charge on any atom is 0.310 e. The average Bonchev–Trinajstić information content (AvgIpc) is 2.61. The second-order valence-electron chi connectivity index (χ2n) is 9.50. The molecule has 2 atom stereocenters. The maximum absolute atomic E-state index is 13.1. The van der Waals surface area contributed by atoms with Gasteiger partial charge in [0.25, 0.3) is 0 Å². The van der Waals surface area contributed by atoms with E-state index < -0.39 is 5.60 Å². The van der Waals surface area contributed by atoms with Crippen LogP contribution in [0.1, 0.15) is 86.1 Å². The molecule has 158 valence electrons. The number of rotatable bonds is 11. The summed E-state index contributed by atoms with van der Waals surface area (Å²) in [5.41, 5.74) is 0.723. The van der Waals surface area contributed by atoms with E-state index in [4.69, 9.17) is 4.74 Å². The summed E-state index contributed by atoms with van der Waals surface area (Å²) >= 11 is 0. The molecule has 0 aliphatic carbocycles. The molecule has 0 aliphatic heterocycles. The van der Waals surface area contributed by atoms with Crippen molar-refractivity contribution in [2.45, 2.75) is 86.2 Å². The monoisotopic (exact) mass is 386 g/mol. The number of esters is 1. The van der Waals surface area contributed by atoms with Crippen LogP contribution >= 0.6 is 0 Å². The molecule has 0 amide bonds. The normalized spacial score (nSPS) is 14.6. The van der Waals surface area contributed by atoms with Gasteiger partial charge >= 0.3 is 5.97 Å². The summed E-state index contributed by atoms with van der Waals surface area (Å²) in [6.45, 7) is 14.9. The summed E-state index contributed by atoms with van der Waals surface area (Å²) in [6.07, 6.45) is 9.54. The predicted octanol–water partition coefficient (Wildman–Crippen LogP) is 7.54. The molecule has 28 heavy (non-hydrogen) atoms. The molecule has 2 heteroatoms. The van der Waals surface area contributed by atoms with Gasteiger partial charge in [-0.2, -0.15) is 0 Å². The quantitative estimate of drug-likeness (QED) is 0.367. The highest BCUT2D eigenvalue weighted by Crippen LogP contribution is 2.34. The second kappa shape index (κ2) is 12.1. The summed E-state index contributed by atoms with van der Waals surface area (Å²) < 4.78 is 5.84. The molecular formula is C26H42O2. The molecule has 0 radical (unpaired) electrons. The second-order valence-corrected chi connectivity index (χ2v) is 9.50. The fraction of sp³-hybridized carbons (Fsp3) is 0.654. The molecule has 0 N–H and O–H groups in total.